The number of rotatable bonds is 6. The molecule has 2 N–H and O–H groups in total. The number of nitrogens with zero attached hydrogens (tertiary/aromatic N) is 3. The number of hydrogen-bond acceptors (Lipinski definition) is 4. The van der Waals surface area contributed by atoms with Crippen molar-refractivity contribution in [2.75, 3.05) is 13.1 Å². The van der Waals surface area contributed by atoms with Crippen molar-refractivity contribution >= 4 is 11.6 Å². The van der Waals surface area contributed by atoms with Gasteiger partial charge in [0.1, 0.15) is 0 Å². The highest BCUT2D eigenvalue weighted by molar-refractivity contribution is 6.30. The van der Waals surface area contributed by atoms with Gasteiger partial charge in [-0.1, -0.05) is 28.9 Å². The van der Waals surface area contributed by atoms with Crippen LogP contribution in [0.25, 0.3) is 0 Å². The molecule has 0 saturated heterocycles. The maximum Gasteiger partial charge on any atom is 0.0914 e. The topological polar surface area (TPSA) is 63.0 Å². The number of aliphatic hydroxyl groups excluding tert-OH is 1. The Morgan fingerprint density at radius 1 is 1.33 bits per heavy atom. The summed E-state index contributed by atoms with van der Waals surface area (Å²) < 4.78 is 1.74. The summed E-state index contributed by atoms with van der Waals surface area (Å²) in [5, 5.41) is 21.3. The van der Waals surface area contributed by atoms with Crippen molar-refractivity contribution in [1.29, 1.82) is 0 Å². The minimum Gasteiger partial charge on any atom is -0.387 e. The number of aliphatic hydroxyl groups is 1. The van der Waals surface area contributed by atoms with Gasteiger partial charge >= 0.3 is 0 Å². The highest BCUT2D eigenvalue weighted by Crippen LogP contribution is 2.15. The lowest BCUT2D eigenvalue weighted by atomic mass is 10.1. The minimum atomic E-state index is -0.530. The second-order valence-corrected chi connectivity index (χ2v) is 4.37. The van der Waals surface area contributed by atoms with E-state index < -0.39 is 6.10 Å². The molecule has 0 fully saturated rings. The van der Waals surface area contributed by atoms with Crippen LogP contribution in [0.5, 0.6) is 0 Å². The molecule has 0 amide bonds. The molecule has 96 valence electrons. The molecule has 1 heterocycles. The number of halogens is 1. The van der Waals surface area contributed by atoms with Crippen molar-refractivity contribution in [2.45, 2.75) is 12.6 Å². The van der Waals surface area contributed by atoms with Gasteiger partial charge in [0.05, 0.1) is 18.8 Å². The molecule has 0 aliphatic heterocycles. The molecule has 1 unspecified atom stereocenters. The van der Waals surface area contributed by atoms with Crippen LogP contribution in [-0.4, -0.2) is 33.2 Å². The quantitative estimate of drug-likeness (QED) is 0.773. The molecule has 1 atom stereocenters. The molecule has 0 saturated carbocycles. The molecule has 0 spiro atoms. The molecule has 0 bridgehead atoms. The lowest BCUT2D eigenvalue weighted by Crippen LogP contribution is -2.25. The highest BCUT2D eigenvalue weighted by atomic mass is 35.5. The van der Waals surface area contributed by atoms with Gasteiger partial charge in [-0.3, -0.25) is 4.68 Å². The van der Waals surface area contributed by atoms with E-state index in [0.717, 1.165) is 18.7 Å². The summed E-state index contributed by atoms with van der Waals surface area (Å²) in [6, 6.07) is 7.20. The van der Waals surface area contributed by atoms with E-state index in [0.29, 0.717) is 11.6 Å². The molecule has 0 radical (unpaired) electrons. The highest BCUT2D eigenvalue weighted by Gasteiger charge is 2.06. The fraction of sp³-hybridized carbons (Fsp3) is 0.333. The first kappa shape index (κ1) is 13.0. The fourth-order valence-corrected chi connectivity index (χ4v) is 1.71. The van der Waals surface area contributed by atoms with Gasteiger partial charge in [-0.15, -0.1) is 5.10 Å². The van der Waals surface area contributed by atoms with E-state index >= 15 is 0 Å². The first-order chi connectivity index (χ1) is 8.75. The Morgan fingerprint density at radius 2 is 2.11 bits per heavy atom. The van der Waals surface area contributed by atoms with Crippen LogP contribution >= 0.6 is 11.6 Å². The Labute approximate surface area is 110 Å². The number of aromatic nitrogens is 3. The third-order valence-corrected chi connectivity index (χ3v) is 2.83. The molecule has 1 aromatic carbocycles. The predicted molar refractivity (Wildman–Crippen MR) is 69.3 cm³/mol. The molecule has 0 aliphatic rings. The zero-order valence-electron chi connectivity index (χ0n) is 9.83. The molecule has 5 nitrogen and oxygen atoms in total. The smallest absolute Gasteiger partial charge is 0.0914 e. The third kappa shape index (κ3) is 3.80. The number of benzene rings is 1. The second kappa shape index (κ2) is 6.49. The average Bonchev–Trinajstić information content (AvgIpc) is 2.88. The van der Waals surface area contributed by atoms with E-state index in [-0.39, 0.29) is 0 Å². The van der Waals surface area contributed by atoms with Gasteiger partial charge in [-0.05, 0) is 17.7 Å². The lowest BCUT2D eigenvalue weighted by Gasteiger charge is -2.12. The molecule has 2 aromatic rings. The predicted octanol–water partition coefficient (Wildman–Crippen LogP) is 1.25. The van der Waals surface area contributed by atoms with Crippen molar-refractivity contribution < 1.29 is 5.11 Å². The summed E-state index contributed by atoms with van der Waals surface area (Å²) in [7, 11) is 0. The molecule has 18 heavy (non-hydrogen) atoms. The molecule has 6 heteroatoms. The van der Waals surface area contributed by atoms with Crippen LogP contribution in [0.15, 0.2) is 36.7 Å². The van der Waals surface area contributed by atoms with Crippen LogP contribution in [-0.2, 0) is 6.54 Å². The Hall–Kier alpha value is -1.43. The van der Waals surface area contributed by atoms with Crippen molar-refractivity contribution in [3.05, 3.63) is 47.2 Å². The van der Waals surface area contributed by atoms with Crippen molar-refractivity contribution in [3.8, 4) is 0 Å². The maximum absolute atomic E-state index is 9.93. The zero-order valence-corrected chi connectivity index (χ0v) is 10.6. The van der Waals surface area contributed by atoms with Gasteiger partial charge in [-0.25, -0.2) is 0 Å². The van der Waals surface area contributed by atoms with Gasteiger partial charge in [0.25, 0.3) is 0 Å². The molecule has 2 rings (SSSR count). The van der Waals surface area contributed by atoms with E-state index in [1.54, 1.807) is 29.2 Å². The SMILES string of the molecule is OC(CNCCn1ccnn1)c1ccc(Cl)cc1. The summed E-state index contributed by atoms with van der Waals surface area (Å²) >= 11 is 5.79. The summed E-state index contributed by atoms with van der Waals surface area (Å²) in [6.07, 6.45) is 2.91. The van der Waals surface area contributed by atoms with Gasteiger partial charge in [0.2, 0.25) is 0 Å². The van der Waals surface area contributed by atoms with E-state index in [9.17, 15) is 5.11 Å². The average molecular weight is 267 g/mol. The summed E-state index contributed by atoms with van der Waals surface area (Å²) in [5.74, 6) is 0. The van der Waals surface area contributed by atoms with Gasteiger partial charge in [0.15, 0.2) is 0 Å². The van der Waals surface area contributed by atoms with Crippen LogP contribution in [0.1, 0.15) is 11.7 Å². The van der Waals surface area contributed by atoms with E-state index in [2.05, 4.69) is 15.6 Å². The number of nitrogens with one attached hydrogen (secondary N) is 1. The third-order valence-electron chi connectivity index (χ3n) is 2.58. The summed E-state index contributed by atoms with van der Waals surface area (Å²) in [5.41, 5.74) is 0.854. The van der Waals surface area contributed by atoms with Crippen molar-refractivity contribution in [2.24, 2.45) is 0 Å². The first-order valence-electron chi connectivity index (χ1n) is 5.74. The second-order valence-electron chi connectivity index (χ2n) is 3.94. The Bertz CT molecular complexity index is 457. The number of hydrogen-bond donors (Lipinski definition) is 2. The van der Waals surface area contributed by atoms with Crippen LogP contribution < -0.4 is 5.32 Å². The normalized spacial score (nSPS) is 12.6. The monoisotopic (exact) mass is 266 g/mol. The van der Waals surface area contributed by atoms with Crippen LogP contribution in [0.3, 0.4) is 0 Å². The Kier molecular flexibility index (Phi) is 4.69. The fourth-order valence-electron chi connectivity index (χ4n) is 1.59. The maximum atomic E-state index is 9.93. The van der Waals surface area contributed by atoms with E-state index in [4.69, 9.17) is 11.6 Å². The van der Waals surface area contributed by atoms with Gasteiger partial charge in [0, 0.05) is 24.3 Å². The van der Waals surface area contributed by atoms with Gasteiger partial charge < -0.3 is 10.4 Å². The van der Waals surface area contributed by atoms with Crippen molar-refractivity contribution in [1.82, 2.24) is 20.3 Å². The minimum absolute atomic E-state index is 0.496. The van der Waals surface area contributed by atoms with Gasteiger partial charge in [-0.2, -0.15) is 0 Å². The first-order valence-corrected chi connectivity index (χ1v) is 6.12. The van der Waals surface area contributed by atoms with E-state index in [1.807, 2.05) is 12.1 Å². The molecule has 0 aliphatic carbocycles. The van der Waals surface area contributed by atoms with Crippen molar-refractivity contribution in [3.63, 3.8) is 0 Å². The Balaban J connectivity index is 1.71. The molecule has 1 aromatic heterocycles. The molecular formula is C12H15ClN4O. The van der Waals surface area contributed by atoms with Crippen LogP contribution in [0.4, 0.5) is 0 Å². The lowest BCUT2D eigenvalue weighted by molar-refractivity contribution is 0.174. The van der Waals surface area contributed by atoms with E-state index in [1.165, 1.54) is 0 Å². The largest absolute Gasteiger partial charge is 0.387 e. The standard InChI is InChI=1S/C12H15ClN4O/c13-11-3-1-10(2-4-11)12(18)9-14-5-7-17-8-6-15-16-17/h1-4,6,8,12,14,18H,5,7,9H2. The summed E-state index contributed by atoms with van der Waals surface area (Å²) in [6.45, 7) is 1.96. The zero-order chi connectivity index (χ0) is 12.8. The summed E-state index contributed by atoms with van der Waals surface area (Å²) in [4.78, 5) is 0. The Morgan fingerprint density at radius 3 is 2.78 bits per heavy atom. The van der Waals surface area contributed by atoms with Crippen LogP contribution in [0.2, 0.25) is 5.02 Å². The molecular weight excluding hydrogens is 252 g/mol. The van der Waals surface area contributed by atoms with Crippen LogP contribution in [0, 0.1) is 0 Å².